The van der Waals surface area contributed by atoms with E-state index in [1.54, 1.807) is 18.2 Å². The maximum absolute atomic E-state index is 12.9. The molecule has 2 fully saturated rings. The van der Waals surface area contributed by atoms with Crippen molar-refractivity contribution in [2.75, 3.05) is 7.11 Å². The number of methoxy groups -OCH3 is 1. The maximum atomic E-state index is 12.9. The number of hydrogen-bond acceptors (Lipinski definition) is 6. The van der Waals surface area contributed by atoms with E-state index in [0.29, 0.717) is 5.57 Å². The summed E-state index contributed by atoms with van der Waals surface area (Å²) in [7, 11) is 1.41. The van der Waals surface area contributed by atoms with E-state index in [4.69, 9.17) is 18.9 Å². The van der Waals surface area contributed by atoms with Crippen LogP contribution in [0.3, 0.4) is 0 Å². The molecule has 134 valence electrons. The molecule has 0 N–H and O–H groups in total. The minimum Gasteiger partial charge on any atom is -0.459 e. The Kier molecular flexibility index (Phi) is 3.93. The van der Waals surface area contributed by atoms with Crippen molar-refractivity contribution in [1.29, 1.82) is 0 Å². The van der Waals surface area contributed by atoms with Crippen LogP contribution >= 0.6 is 0 Å². The molecule has 0 saturated carbocycles. The average Bonchev–Trinajstić information content (AvgIpc) is 2.98. The summed E-state index contributed by atoms with van der Waals surface area (Å²) in [6.07, 6.45) is 3.83. The summed E-state index contributed by atoms with van der Waals surface area (Å²) in [5.74, 6) is -3.13. The van der Waals surface area contributed by atoms with E-state index in [-0.39, 0.29) is 12.4 Å². The van der Waals surface area contributed by atoms with Gasteiger partial charge in [0.25, 0.3) is 0 Å². The first kappa shape index (κ1) is 16.9. The molecule has 0 radical (unpaired) electrons. The van der Waals surface area contributed by atoms with Gasteiger partial charge < -0.3 is 18.9 Å². The van der Waals surface area contributed by atoms with Gasteiger partial charge in [-0.1, -0.05) is 30.3 Å². The van der Waals surface area contributed by atoms with Gasteiger partial charge in [-0.3, -0.25) is 4.79 Å². The highest BCUT2D eigenvalue weighted by molar-refractivity contribution is 5.98. The van der Waals surface area contributed by atoms with Crippen molar-refractivity contribution >= 4 is 11.8 Å². The molecule has 1 aromatic rings. The van der Waals surface area contributed by atoms with Crippen LogP contribution in [0.25, 0.3) is 0 Å². The van der Waals surface area contributed by atoms with Crippen LogP contribution in [0.5, 0.6) is 0 Å². The quantitative estimate of drug-likeness (QED) is 0.609. The molecular formula is C20H18O6. The first-order valence-corrected chi connectivity index (χ1v) is 8.31. The molecule has 4 atom stereocenters. The van der Waals surface area contributed by atoms with E-state index in [1.807, 2.05) is 30.3 Å². The van der Waals surface area contributed by atoms with Crippen LogP contribution in [0.4, 0.5) is 0 Å². The maximum Gasteiger partial charge on any atom is 0.341 e. The highest BCUT2D eigenvalue weighted by Gasteiger charge is 2.69. The molecule has 0 spiro atoms. The predicted molar refractivity (Wildman–Crippen MR) is 89.6 cm³/mol. The lowest BCUT2D eigenvalue weighted by atomic mass is 9.82. The van der Waals surface area contributed by atoms with Crippen molar-refractivity contribution in [3.05, 3.63) is 65.4 Å². The highest BCUT2D eigenvalue weighted by atomic mass is 16.9. The fourth-order valence-corrected chi connectivity index (χ4v) is 3.48. The highest BCUT2D eigenvalue weighted by Crippen LogP contribution is 2.50. The Morgan fingerprint density at radius 2 is 2.08 bits per heavy atom. The fraction of sp³-hybridized carbons (Fsp3) is 0.350. The van der Waals surface area contributed by atoms with Gasteiger partial charge in [-0.05, 0) is 30.7 Å². The Hall–Kier alpha value is -2.50. The molecule has 2 heterocycles. The molecule has 0 amide bonds. The van der Waals surface area contributed by atoms with Crippen LogP contribution < -0.4 is 0 Å². The molecular weight excluding hydrogens is 336 g/mol. The van der Waals surface area contributed by atoms with E-state index in [0.717, 1.165) is 5.56 Å². The van der Waals surface area contributed by atoms with Crippen LogP contribution in [0.1, 0.15) is 12.5 Å². The Bertz CT molecular complexity index is 850. The third-order valence-electron chi connectivity index (χ3n) is 4.88. The normalized spacial score (nSPS) is 34.4. The smallest absolute Gasteiger partial charge is 0.341 e. The monoisotopic (exact) mass is 354 g/mol. The van der Waals surface area contributed by atoms with Gasteiger partial charge in [-0.15, -0.1) is 5.73 Å². The summed E-state index contributed by atoms with van der Waals surface area (Å²) < 4.78 is 22.6. The first-order chi connectivity index (χ1) is 12.5. The third-order valence-corrected chi connectivity index (χ3v) is 4.88. The van der Waals surface area contributed by atoms with Crippen LogP contribution in [0, 0.1) is 5.92 Å². The summed E-state index contributed by atoms with van der Waals surface area (Å²) in [5, 5.41) is 0. The lowest BCUT2D eigenvalue weighted by Gasteiger charge is -2.35. The molecule has 0 aromatic heterocycles. The number of carbonyl (C=O) groups excluding carboxylic acids is 2. The molecule has 3 aliphatic rings. The molecule has 1 aromatic carbocycles. The number of hydrogen-bond donors (Lipinski definition) is 0. The zero-order chi connectivity index (χ0) is 18.4. The zero-order valence-electron chi connectivity index (χ0n) is 14.4. The number of esters is 1. The number of fused-ring (bicyclic) bond motifs is 4. The second-order valence-corrected chi connectivity index (χ2v) is 6.53. The van der Waals surface area contributed by atoms with E-state index in [1.165, 1.54) is 14.0 Å². The molecule has 6 heteroatoms. The van der Waals surface area contributed by atoms with E-state index < -0.39 is 29.6 Å². The Balaban J connectivity index is 1.62. The molecule has 2 aliphatic heterocycles. The summed E-state index contributed by atoms with van der Waals surface area (Å²) in [6, 6.07) is 9.27. The second-order valence-electron chi connectivity index (χ2n) is 6.53. The SMILES string of the molecule is CO[C@]12O[C@H](C(=O)C3C=C=CC=C31)[C@@](C)(C(=O)OCc1ccccc1)O2. The van der Waals surface area contributed by atoms with Gasteiger partial charge in [0, 0.05) is 12.7 Å². The minimum atomic E-state index is -1.60. The molecule has 2 bridgehead atoms. The van der Waals surface area contributed by atoms with E-state index >= 15 is 0 Å². The largest absolute Gasteiger partial charge is 0.459 e. The standard InChI is InChI=1S/C20H18O6/c1-19(18(22)24-12-13-8-4-3-5-9-13)17-16(21)14-10-6-7-11-15(14)20(23-2,25-17)26-19/h3-5,7-11,14,17H,12H2,1-2H3/t14?,17-,19+,20+/m1/s1. The lowest BCUT2D eigenvalue weighted by Crippen LogP contribution is -2.51. The van der Waals surface area contributed by atoms with Crippen molar-refractivity contribution in [1.82, 2.24) is 0 Å². The van der Waals surface area contributed by atoms with Gasteiger partial charge in [0.15, 0.2) is 11.9 Å². The fourth-order valence-electron chi connectivity index (χ4n) is 3.48. The third kappa shape index (κ3) is 2.39. The van der Waals surface area contributed by atoms with Crippen LogP contribution in [-0.2, 0) is 35.1 Å². The zero-order valence-corrected chi connectivity index (χ0v) is 14.4. The van der Waals surface area contributed by atoms with Crippen molar-refractivity contribution < 1.29 is 28.5 Å². The number of allylic oxidation sites excluding steroid dienone is 2. The predicted octanol–water partition coefficient (Wildman–Crippen LogP) is 2.05. The van der Waals surface area contributed by atoms with Gasteiger partial charge in [-0.2, -0.15) is 0 Å². The molecule has 1 unspecified atom stereocenters. The summed E-state index contributed by atoms with van der Waals surface area (Å²) in [5.41, 5.74) is 2.63. The lowest BCUT2D eigenvalue weighted by molar-refractivity contribution is -0.316. The van der Waals surface area contributed by atoms with Crippen molar-refractivity contribution in [2.24, 2.45) is 5.92 Å². The summed E-state index contributed by atoms with van der Waals surface area (Å²) in [6.45, 7) is 1.58. The summed E-state index contributed by atoms with van der Waals surface area (Å²) in [4.78, 5) is 25.7. The Labute approximate surface area is 150 Å². The van der Waals surface area contributed by atoms with Crippen LogP contribution in [0.15, 0.2) is 59.9 Å². The number of Topliss-reactive ketones (excluding diaryl/α,β-unsaturated/α-hetero) is 1. The minimum absolute atomic E-state index is 0.0765. The second kappa shape index (κ2) is 6.04. The van der Waals surface area contributed by atoms with Crippen LogP contribution in [-0.4, -0.2) is 36.5 Å². The summed E-state index contributed by atoms with van der Waals surface area (Å²) >= 11 is 0. The molecule has 26 heavy (non-hydrogen) atoms. The molecule has 1 aliphatic carbocycles. The molecule has 6 nitrogen and oxygen atoms in total. The van der Waals surface area contributed by atoms with Crippen molar-refractivity contribution in [3.8, 4) is 0 Å². The van der Waals surface area contributed by atoms with Crippen LogP contribution in [0.2, 0.25) is 0 Å². The van der Waals surface area contributed by atoms with Gasteiger partial charge in [0.1, 0.15) is 6.61 Å². The Morgan fingerprint density at radius 1 is 1.31 bits per heavy atom. The average molecular weight is 354 g/mol. The van der Waals surface area contributed by atoms with Crippen molar-refractivity contribution in [3.63, 3.8) is 0 Å². The number of ketones is 1. The number of rotatable bonds is 4. The van der Waals surface area contributed by atoms with Crippen molar-refractivity contribution in [2.45, 2.75) is 31.2 Å². The number of benzene rings is 1. The topological polar surface area (TPSA) is 71.1 Å². The van der Waals surface area contributed by atoms with E-state index in [9.17, 15) is 9.59 Å². The molecule has 2 saturated heterocycles. The van der Waals surface area contributed by atoms with Gasteiger partial charge >= 0.3 is 11.9 Å². The number of carbonyl (C=O) groups is 2. The van der Waals surface area contributed by atoms with Gasteiger partial charge in [0.2, 0.25) is 5.60 Å². The Morgan fingerprint density at radius 3 is 2.81 bits per heavy atom. The van der Waals surface area contributed by atoms with Gasteiger partial charge in [-0.25, -0.2) is 4.79 Å². The first-order valence-electron chi connectivity index (χ1n) is 8.31. The molecule has 4 rings (SSSR count). The van der Waals surface area contributed by atoms with Gasteiger partial charge in [0.05, 0.1) is 5.92 Å². The number of ether oxygens (including phenoxy) is 4. The van der Waals surface area contributed by atoms with E-state index in [2.05, 4.69) is 5.73 Å².